The number of hydrogen-bond donors (Lipinski definition) is 0. The first kappa shape index (κ1) is 20.8. The lowest BCUT2D eigenvalue weighted by Gasteiger charge is -2.22. The van der Waals surface area contributed by atoms with Crippen LogP contribution in [0, 0.1) is 13.8 Å². The monoisotopic (exact) mass is 370 g/mol. The van der Waals surface area contributed by atoms with Crippen molar-refractivity contribution in [2.75, 3.05) is 13.7 Å². The molecule has 0 radical (unpaired) electrons. The van der Waals surface area contributed by atoms with Gasteiger partial charge in [0.2, 0.25) is 0 Å². The van der Waals surface area contributed by atoms with E-state index in [0.717, 1.165) is 22.4 Å². The average molecular weight is 370 g/mol. The molecule has 0 spiro atoms. The van der Waals surface area contributed by atoms with Crippen LogP contribution in [0.5, 0.6) is 11.5 Å². The summed E-state index contributed by atoms with van der Waals surface area (Å²) in [5, 5.41) is 0. The van der Waals surface area contributed by atoms with Gasteiger partial charge in [-0.1, -0.05) is 32.9 Å². The number of ether oxygens (including phenoxy) is 3. The minimum atomic E-state index is -0.262. The topological polar surface area (TPSA) is 44.8 Å². The van der Waals surface area contributed by atoms with Crippen molar-refractivity contribution in [1.82, 2.24) is 0 Å². The van der Waals surface area contributed by atoms with Gasteiger partial charge < -0.3 is 14.2 Å². The summed E-state index contributed by atoms with van der Waals surface area (Å²) in [6, 6.07) is 11.6. The zero-order chi connectivity index (χ0) is 20.0. The molecule has 0 heterocycles. The predicted octanol–water partition coefficient (Wildman–Crippen LogP) is 5.12. The van der Waals surface area contributed by atoms with Crippen molar-refractivity contribution in [2.45, 2.75) is 53.1 Å². The van der Waals surface area contributed by atoms with Crippen molar-refractivity contribution in [3.63, 3.8) is 0 Å². The van der Waals surface area contributed by atoms with Gasteiger partial charge in [-0.05, 0) is 65.8 Å². The fourth-order valence-electron chi connectivity index (χ4n) is 2.80. The summed E-state index contributed by atoms with van der Waals surface area (Å²) >= 11 is 0. The molecule has 27 heavy (non-hydrogen) atoms. The van der Waals surface area contributed by atoms with Crippen LogP contribution in [-0.4, -0.2) is 19.7 Å². The average Bonchev–Trinajstić information content (AvgIpc) is 2.60. The van der Waals surface area contributed by atoms with Gasteiger partial charge in [0.15, 0.2) is 0 Å². The molecule has 2 aromatic carbocycles. The summed E-state index contributed by atoms with van der Waals surface area (Å²) in [4.78, 5) is 12.0. The summed E-state index contributed by atoms with van der Waals surface area (Å²) < 4.78 is 16.1. The molecular formula is C23H30O4. The molecule has 0 atom stereocenters. The van der Waals surface area contributed by atoms with E-state index in [-0.39, 0.29) is 24.4 Å². The maximum Gasteiger partial charge on any atom is 0.309 e. The maximum absolute atomic E-state index is 12.0. The van der Waals surface area contributed by atoms with Crippen molar-refractivity contribution in [2.24, 2.45) is 0 Å². The fraction of sp³-hybridized carbons (Fsp3) is 0.435. The van der Waals surface area contributed by atoms with Crippen molar-refractivity contribution >= 4 is 5.97 Å². The minimum Gasteiger partial charge on any atom is -0.497 e. The third-order valence-corrected chi connectivity index (χ3v) is 4.57. The van der Waals surface area contributed by atoms with Crippen LogP contribution in [0.1, 0.15) is 49.4 Å². The van der Waals surface area contributed by atoms with Gasteiger partial charge in [-0.2, -0.15) is 0 Å². The van der Waals surface area contributed by atoms with Crippen LogP contribution in [-0.2, 0) is 21.6 Å². The molecule has 0 unspecified atom stereocenters. The Morgan fingerprint density at radius 2 is 1.52 bits per heavy atom. The Balaban J connectivity index is 1.84. The highest BCUT2D eigenvalue weighted by Crippen LogP contribution is 2.27. The number of aryl methyl sites for hydroxylation is 2. The Morgan fingerprint density at radius 1 is 0.963 bits per heavy atom. The molecule has 4 nitrogen and oxygen atoms in total. The normalized spacial score (nSPS) is 11.2. The van der Waals surface area contributed by atoms with E-state index in [0.29, 0.717) is 12.4 Å². The molecule has 0 aromatic heterocycles. The first-order chi connectivity index (χ1) is 12.7. The molecular weight excluding hydrogens is 340 g/mol. The van der Waals surface area contributed by atoms with Crippen molar-refractivity contribution in [3.05, 3.63) is 58.7 Å². The number of esters is 1. The van der Waals surface area contributed by atoms with Crippen LogP contribution < -0.4 is 9.47 Å². The highest BCUT2D eigenvalue weighted by atomic mass is 16.5. The largest absolute Gasteiger partial charge is 0.497 e. The van der Waals surface area contributed by atoms with E-state index in [9.17, 15) is 4.79 Å². The maximum atomic E-state index is 12.0. The van der Waals surface area contributed by atoms with Gasteiger partial charge in [-0.25, -0.2) is 0 Å². The standard InChI is InChI=1S/C23H30O4/c1-16-13-18(23(3,4)5)14-17(2)21(16)15-27-22(24)11-12-26-20-9-7-19(25-6)8-10-20/h7-10,13-14H,11-12,15H2,1-6H3. The zero-order valence-corrected chi connectivity index (χ0v) is 17.2. The zero-order valence-electron chi connectivity index (χ0n) is 17.2. The highest BCUT2D eigenvalue weighted by Gasteiger charge is 2.17. The van der Waals surface area contributed by atoms with Gasteiger partial charge in [0, 0.05) is 0 Å². The minimum absolute atomic E-state index is 0.101. The number of hydrogen-bond acceptors (Lipinski definition) is 4. The molecule has 0 amide bonds. The molecule has 2 aromatic rings. The molecule has 0 saturated heterocycles. The lowest BCUT2D eigenvalue weighted by atomic mass is 9.84. The molecule has 0 saturated carbocycles. The number of carbonyl (C=O) groups is 1. The van der Waals surface area contributed by atoms with Crippen molar-refractivity contribution in [1.29, 1.82) is 0 Å². The van der Waals surface area contributed by atoms with Crippen LogP contribution in [0.3, 0.4) is 0 Å². The van der Waals surface area contributed by atoms with Gasteiger partial charge in [0.1, 0.15) is 18.1 Å². The third-order valence-electron chi connectivity index (χ3n) is 4.57. The molecule has 0 aliphatic heterocycles. The molecule has 2 rings (SSSR count). The molecule has 146 valence electrons. The fourth-order valence-corrected chi connectivity index (χ4v) is 2.80. The van der Waals surface area contributed by atoms with Gasteiger partial charge in [0.05, 0.1) is 20.1 Å². The predicted molar refractivity (Wildman–Crippen MR) is 108 cm³/mol. The Kier molecular flexibility index (Phi) is 6.89. The first-order valence-electron chi connectivity index (χ1n) is 9.24. The molecule has 0 aliphatic carbocycles. The van der Waals surface area contributed by atoms with E-state index < -0.39 is 0 Å². The molecule has 0 N–H and O–H groups in total. The Labute approximate surface area is 162 Å². The smallest absolute Gasteiger partial charge is 0.309 e. The lowest BCUT2D eigenvalue weighted by Crippen LogP contribution is -2.14. The number of carbonyl (C=O) groups excluding carboxylic acids is 1. The van der Waals surface area contributed by atoms with Crippen LogP contribution in [0.4, 0.5) is 0 Å². The van der Waals surface area contributed by atoms with Gasteiger partial charge in [0.25, 0.3) is 0 Å². The molecule has 4 heteroatoms. The van der Waals surface area contributed by atoms with E-state index in [2.05, 4.69) is 46.8 Å². The van der Waals surface area contributed by atoms with Crippen molar-refractivity contribution < 1.29 is 19.0 Å². The second-order valence-electron chi connectivity index (χ2n) is 7.77. The third kappa shape index (κ3) is 6.02. The first-order valence-corrected chi connectivity index (χ1v) is 9.24. The van der Waals surface area contributed by atoms with Crippen LogP contribution in [0.2, 0.25) is 0 Å². The Hall–Kier alpha value is -2.49. The number of benzene rings is 2. The SMILES string of the molecule is COc1ccc(OCCC(=O)OCc2c(C)cc(C(C)(C)C)cc2C)cc1. The quantitative estimate of drug-likeness (QED) is 0.635. The van der Waals surface area contributed by atoms with E-state index >= 15 is 0 Å². The van der Waals surface area contributed by atoms with Crippen LogP contribution in [0.15, 0.2) is 36.4 Å². The van der Waals surface area contributed by atoms with Crippen LogP contribution >= 0.6 is 0 Å². The Morgan fingerprint density at radius 3 is 2.04 bits per heavy atom. The van der Waals surface area contributed by atoms with Gasteiger partial charge in [-0.3, -0.25) is 4.79 Å². The van der Waals surface area contributed by atoms with Crippen molar-refractivity contribution in [3.8, 4) is 11.5 Å². The van der Waals surface area contributed by atoms with E-state index in [1.54, 1.807) is 7.11 Å². The summed E-state index contributed by atoms with van der Waals surface area (Å²) in [6.45, 7) is 11.3. The lowest BCUT2D eigenvalue weighted by molar-refractivity contribution is -0.145. The van der Waals surface area contributed by atoms with Gasteiger partial charge >= 0.3 is 5.97 Å². The molecule has 0 bridgehead atoms. The molecule has 0 aliphatic rings. The van der Waals surface area contributed by atoms with E-state index in [1.165, 1.54) is 5.56 Å². The van der Waals surface area contributed by atoms with E-state index in [1.807, 2.05) is 24.3 Å². The summed E-state index contributed by atoms with van der Waals surface area (Å²) in [5.74, 6) is 1.21. The second-order valence-corrected chi connectivity index (χ2v) is 7.77. The number of rotatable bonds is 7. The highest BCUT2D eigenvalue weighted by molar-refractivity contribution is 5.69. The van der Waals surface area contributed by atoms with Crippen LogP contribution in [0.25, 0.3) is 0 Å². The summed E-state index contributed by atoms with van der Waals surface area (Å²) in [7, 11) is 1.62. The van der Waals surface area contributed by atoms with Gasteiger partial charge in [-0.15, -0.1) is 0 Å². The second kappa shape index (κ2) is 8.94. The summed E-state index contributed by atoms with van der Waals surface area (Å²) in [6.07, 6.45) is 0.212. The number of methoxy groups -OCH3 is 1. The Bertz CT molecular complexity index is 747. The summed E-state index contributed by atoms with van der Waals surface area (Å²) in [5.41, 5.74) is 4.78. The van der Waals surface area contributed by atoms with E-state index in [4.69, 9.17) is 14.2 Å². The molecule has 0 fully saturated rings.